The predicted octanol–water partition coefficient (Wildman–Crippen LogP) is 2.66. The molecule has 2 N–H and O–H groups in total. The van der Waals surface area contributed by atoms with E-state index in [1.54, 1.807) is 7.11 Å². The number of hydrogen-bond donors (Lipinski definition) is 2. The van der Waals surface area contributed by atoms with Crippen molar-refractivity contribution in [1.29, 1.82) is 0 Å². The van der Waals surface area contributed by atoms with Crippen LogP contribution in [0.5, 0.6) is 5.75 Å². The normalized spacial score (nSPS) is 12.5. The molecule has 0 aliphatic heterocycles. The fourth-order valence-electron chi connectivity index (χ4n) is 1.88. The Morgan fingerprint density at radius 1 is 1.32 bits per heavy atom. The van der Waals surface area contributed by atoms with Crippen molar-refractivity contribution in [1.82, 2.24) is 0 Å². The summed E-state index contributed by atoms with van der Waals surface area (Å²) in [5, 5.41) is 12.8. The highest BCUT2D eigenvalue weighted by Gasteiger charge is 2.13. The molecule has 19 heavy (non-hydrogen) atoms. The fourth-order valence-corrected chi connectivity index (χ4v) is 1.88. The van der Waals surface area contributed by atoms with Crippen LogP contribution in [0.3, 0.4) is 0 Å². The van der Waals surface area contributed by atoms with Crippen LogP contribution in [0.15, 0.2) is 18.2 Å². The van der Waals surface area contributed by atoms with E-state index in [4.69, 9.17) is 9.47 Å². The zero-order chi connectivity index (χ0) is 14.3. The van der Waals surface area contributed by atoms with Crippen LogP contribution in [0.1, 0.15) is 26.3 Å². The lowest BCUT2D eigenvalue weighted by molar-refractivity contribution is 0.171. The van der Waals surface area contributed by atoms with Gasteiger partial charge in [-0.05, 0) is 31.0 Å². The van der Waals surface area contributed by atoms with Gasteiger partial charge in [0.15, 0.2) is 0 Å². The number of rotatable bonds is 8. The molecule has 1 aromatic rings. The molecule has 0 aliphatic rings. The standard InChI is InChI=1S/C15H25NO3/c1-5-19-15-7-6-13(8-12(15)9-17)16-14(10-18-4)11(2)3/h6-8,11,14,16-17H,5,9-10H2,1-4H3. The summed E-state index contributed by atoms with van der Waals surface area (Å²) in [6.45, 7) is 7.45. The third-order valence-corrected chi connectivity index (χ3v) is 3.03. The number of hydrogen-bond acceptors (Lipinski definition) is 4. The molecular weight excluding hydrogens is 242 g/mol. The first kappa shape index (κ1) is 15.8. The second kappa shape index (κ2) is 8.02. The smallest absolute Gasteiger partial charge is 0.124 e. The van der Waals surface area contributed by atoms with Crippen molar-refractivity contribution in [3.8, 4) is 5.75 Å². The van der Waals surface area contributed by atoms with Crippen molar-refractivity contribution >= 4 is 5.69 Å². The molecule has 1 unspecified atom stereocenters. The van der Waals surface area contributed by atoms with Gasteiger partial charge in [0.2, 0.25) is 0 Å². The van der Waals surface area contributed by atoms with Gasteiger partial charge in [-0.15, -0.1) is 0 Å². The van der Waals surface area contributed by atoms with Crippen molar-refractivity contribution in [3.05, 3.63) is 23.8 Å². The summed E-state index contributed by atoms with van der Waals surface area (Å²) in [5.74, 6) is 1.20. The Hall–Kier alpha value is -1.26. The maximum atomic E-state index is 9.38. The minimum Gasteiger partial charge on any atom is -0.494 e. The van der Waals surface area contributed by atoms with Crippen LogP contribution in [0.2, 0.25) is 0 Å². The molecule has 0 aromatic heterocycles. The largest absolute Gasteiger partial charge is 0.494 e. The third-order valence-electron chi connectivity index (χ3n) is 3.03. The summed E-state index contributed by atoms with van der Waals surface area (Å²) in [6, 6.07) is 6.03. The molecule has 0 fully saturated rings. The Morgan fingerprint density at radius 3 is 2.58 bits per heavy atom. The van der Waals surface area contributed by atoms with Gasteiger partial charge >= 0.3 is 0 Å². The molecule has 1 aromatic carbocycles. The molecule has 0 spiro atoms. The molecule has 0 saturated carbocycles. The molecule has 1 atom stereocenters. The van der Waals surface area contributed by atoms with E-state index in [0.717, 1.165) is 17.0 Å². The van der Waals surface area contributed by atoms with Gasteiger partial charge in [-0.2, -0.15) is 0 Å². The summed E-state index contributed by atoms with van der Waals surface area (Å²) in [7, 11) is 1.70. The van der Waals surface area contributed by atoms with Crippen LogP contribution < -0.4 is 10.1 Å². The summed E-state index contributed by atoms with van der Waals surface area (Å²) >= 11 is 0. The Morgan fingerprint density at radius 2 is 2.05 bits per heavy atom. The SMILES string of the molecule is CCOc1ccc(NC(COC)C(C)C)cc1CO. The topological polar surface area (TPSA) is 50.7 Å². The van der Waals surface area contributed by atoms with Crippen LogP contribution in [0.25, 0.3) is 0 Å². The summed E-state index contributed by atoms with van der Waals surface area (Å²) in [6.07, 6.45) is 0. The summed E-state index contributed by atoms with van der Waals surface area (Å²) < 4.78 is 10.7. The van der Waals surface area contributed by atoms with E-state index in [0.29, 0.717) is 19.1 Å². The molecule has 4 heteroatoms. The van der Waals surface area contributed by atoms with Gasteiger partial charge in [-0.25, -0.2) is 0 Å². The van der Waals surface area contributed by atoms with Crippen molar-refractivity contribution in [3.63, 3.8) is 0 Å². The minimum absolute atomic E-state index is 0.0263. The Labute approximate surface area is 115 Å². The average molecular weight is 267 g/mol. The summed E-state index contributed by atoms with van der Waals surface area (Å²) in [4.78, 5) is 0. The van der Waals surface area contributed by atoms with Crippen LogP contribution in [0, 0.1) is 5.92 Å². The number of ether oxygens (including phenoxy) is 2. The van der Waals surface area contributed by atoms with Gasteiger partial charge in [0.05, 0.1) is 25.9 Å². The van der Waals surface area contributed by atoms with E-state index in [2.05, 4.69) is 19.2 Å². The number of aliphatic hydroxyl groups excluding tert-OH is 1. The number of anilines is 1. The first-order chi connectivity index (χ1) is 9.12. The average Bonchev–Trinajstić information content (AvgIpc) is 2.40. The molecule has 0 bridgehead atoms. The van der Waals surface area contributed by atoms with Gasteiger partial charge in [0.25, 0.3) is 0 Å². The van der Waals surface area contributed by atoms with E-state index in [9.17, 15) is 5.11 Å². The van der Waals surface area contributed by atoms with Crippen molar-refractivity contribution < 1.29 is 14.6 Å². The molecule has 1 rings (SSSR count). The van der Waals surface area contributed by atoms with E-state index < -0.39 is 0 Å². The quantitative estimate of drug-likeness (QED) is 0.760. The minimum atomic E-state index is -0.0263. The lowest BCUT2D eigenvalue weighted by atomic mass is 10.0. The molecular formula is C15H25NO3. The van der Waals surface area contributed by atoms with Crippen LogP contribution in [-0.2, 0) is 11.3 Å². The second-order valence-electron chi connectivity index (χ2n) is 4.86. The monoisotopic (exact) mass is 267 g/mol. The van der Waals surface area contributed by atoms with Gasteiger partial charge in [-0.3, -0.25) is 0 Å². The van der Waals surface area contributed by atoms with Crippen LogP contribution in [0.4, 0.5) is 5.69 Å². The Balaban J connectivity index is 2.83. The highest BCUT2D eigenvalue weighted by atomic mass is 16.5. The second-order valence-corrected chi connectivity index (χ2v) is 4.86. The van der Waals surface area contributed by atoms with Crippen LogP contribution in [-0.4, -0.2) is 31.5 Å². The molecule has 4 nitrogen and oxygen atoms in total. The maximum Gasteiger partial charge on any atom is 0.124 e. The lowest BCUT2D eigenvalue weighted by Crippen LogP contribution is -2.30. The summed E-state index contributed by atoms with van der Waals surface area (Å²) in [5.41, 5.74) is 1.77. The van der Waals surface area contributed by atoms with E-state index in [1.807, 2.05) is 25.1 Å². The predicted molar refractivity (Wildman–Crippen MR) is 77.7 cm³/mol. The van der Waals surface area contributed by atoms with Gasteiger partial charge in [-0.1, -0.05) is 13.8 Å². The Bertz CT molecular complexity index is 380. The molecule has 0 radical (unpaired) electrons. The third kappa shape index (κ3) is 4.73. The zero-order valence-corrected chi connectivity index (χ0v) is 12.3. The van der Waals surface area contributed by atoms with Gasteiger partial charge in [0, 0.05) is 18.4 Å². The van der Waals surface area contributed by atoms with E-state index in [1.165, 1.54) is 0 Å². The van der Waals surface area contributed by atoms with Crippen molar-refractivity contribution in [2.45, 2.75) is 33.4 Å². The number of benzene rings is 1. The highest BCUT2D eigenvalue weighted by molar-refractivity contribution is 5.51. The van der Waals surface area contributed by atoms with Crippen molar-refractivity contribution in [2.24, 2.45) is 5.92 Å². The Kier molecular flexibility index (Phi) is 6.67. The zero-order valence-electron chi connectivity index (χ0n) is 12.3. The van der Waals surface area contributed by atoms with Crippen LogP contribution >= 0.6 is 0 Å². The molecule has 0 heterocycles. The number of aliphatic hydroxyl groups is 1. The van der Waals surface area contributed by atoms with E-state index >= 15 is 0 Å². The first-order valence-corrected chi connectivity index (χ1v) is 6.74. The van der Waals surface area contributed by atoms with Gasteiger partial charge < -0.3 is 19.9 Å². The maximum absolute atomic E-state index is 9.38. The highest BCUT2D eigenvalue weighted by Crippen LogP contribution is 2.24. The van der Waals surface area contributed by atoms with Crippen molar-refractivity contribution in [2.75, 3.05) is 25.6 Å². The number of nitrogens with one attached hydrogen (secondary N) is 1. The fraction of sp³-hybridized carbons (Fsp3) is 0.600. The molecule has 0 saturated heterocycles. The molecule has 0 amide bonds. The lowest BCUT2D eigenvalue weighted by Gasteiger charge is -2.23. The molecule has 108 valence electrons. The van der Waals surface area contributed by atoms with Gasteiger partial charge in [0.1, 0.15) is 5.75 Å². The number of methoxy groups -OCH3 is 1. The first-order valence-electron chi connectivity index (χ1n) is 6.74. The molecule has 0 aliphatic carbocycles. The van der Waals surface area contributed by atoms with E-state index in [-0.39, 0.29) is 12.6 Å².